The van der Waals surface area contributed by atoms with Crippen molar-refractivity contribution >= 4 is 21.7 Å². The summed E-state index contributed by atoms with van der Waals surface area (Å²) < 4.78 is 66.4. The fourth-order valence-electron chi connectivity index (χ4n) is 5.63. The molecule has 3 atom stereocenters. The molecule has 3 aromatic rings. The number of benzene rings is 3. The Hall–Kier alpha value is -3.87. The highest BCUT2D eigenvalue weighted by atomic mass is 32.2. The zero-order valence-electron chi connectivity index (χ0n) is 28.7. The third-order valence-electron chi connectivity index (χ3n) is 8.28. The summed E-state index contributed by atoms with van der Waals surface area (Å²) in [5, 5.41) is 5.12. The van der Waals surface area contributed by atoms with Crippen LogP contribution in [0.3, 0.4) is 0 Å². The largest absolute Gasteiger partial charge is 0.497 e. The maximum atomic E-state index is 14.0. The molecule has 0 saturated heterocycles. The first-order chi connectivity index (χ1) is 23.4. The van der Waals surface area contributed by atoms with Crippen LogP contribution in [-0.2, 0) is 38.8 Å². The summed E-state index contributed by atoms with van der Waals surface area (Å²) in [7, 11) is -2.38. The van der Waals surface area contributed by atoms with Gasteiger partial charge in [0.2, 0.25) is 0 Å². The van der Waals surface area contributed by atoms with Crippen molar-refractivity contribution in [3.8, 4) is 5.75 Å². The Labute approximate surface area is 288 Å². The number of aryl methyl sites for hydroxylation is 1. The SMILES string of the molecule is CCCC(CCC)S(=O)(=O)C[C@H](NC(=O)c1ccc(OC)cc1)C(=O)O[C@H](CNCc1cccc(CC)c1)[C@@H](N)Cc1cc(F)cc(F)c1. The van der Waals surface area contributed by atoms with Crippen molar-refractivity contribution in [2.24, 2.45) is 5.73 Å². The van der Waals surface area contributed by atoms with Crippen molar-refractivity contribution in [1.82, 2.24) is 10.6 Å². The number of nitrogens with two attached hydrogens (primary N) is 1. The van der Waals surface area contributed by atoms with Gasteiger partial charge in [-0.1, -0.05) is 57.9 Å². The number of carbonyl (C=O) groups is 2. The van der Waals surface area contributed by atoms with Gasteiger partial charge in [-0.05, 0) is 78.8 Å². The van der Waals surface area contributed by atoms with Crippen molar-refractivity contribution in [1.29, 1.82) is 0 Å². The van der Waals surface area contributed by atoms with Crippen LogP contribution in [0.5, 0.6) is 5.75 Å². The molecule has 49 heavy (non-hydrogen) atoms. The van der Waals surface area contributed by atoms with E-state index in [0.717, 1.165) is 35.7 Å². The van der Waals surface area contributed by atoms with Crippen molar-refractivity contribution in [3.05, 3.63) is 101 Å². The van der Waals surface area contributed by atoms with Gasteiger partial charge in [0.05, 0.1) is 18.1 Å². The van der Waals surface area contributed by atoms with E-state index >= 15 is 0 Å². The topological polar surface area (TPSA) is 137 Å². The molecule has 0 aliphatic heterocycles. The molecule has 3 rings (SSSR count). The molecule has 3 aromatic carbocycles. The zero-order chi connectivity index (χ0) is 36.0. The number of halogens is 2. The molecule has 4 N–H and O–H groups in total. The molecule has 0 fully saturated rings. The third-order valence-corrected chi connectivity index (χ3v) is 10.6. The van der Waals surface area contributed by atoms with Gasteiger partial charge in [0.1, 0.15) is 29.5 Å². The minimum Gasteiger partial charge on any atom is -0.497 e. The van der Waals surface area contributed by atoms with Gasteiger partial charge >= 0.3 is 5.97 Å². The lowest BCUT2D eigenvalue weighted by Crippen LogP contribution is -2.52. The average Bonchev–Trinajstić information content (AvgIpc) is 3.06. The van der Waals surface area contributed by atoms with Crippen molar-refractivity contribution in [3.63, 3.8) is 0 Å². The number of hydrogen-bond donors (Lipinski definition) is 3. The second-order valence-corrected chi connectivity index (χ2v) is 14.5. The first-order valence-corrected chi connectivity index (χ1v) is 18.5. The van der Waals surface area contributed by atoms with Gasteiger partial charge in [0.15, 0.2) is 9.84 Å². The lowest BCUT2D eigenvalue weighted by atomic mass is 10.0. The van der Waals surface area contributed by atoms with E-state index < -0.39 is 62.5 Å². The van der Waals surface area contributed by atoms with E-state index in [0.29, 0.717) is 38.0 Å². The minimum absolute atomic E-state index is 0.0429. The van der Waals surface area contributed by atoms with Crippen LogP contribution in [0, 0.1) is 11.6 Å². The van der Waals surface area contributed by atoms with Crippen LogP contribution in [0.2, 0.25) is 0 Å². The predicted octanol–water partition coefficient (Wildman–Crippen LogP) is 5.29. The van der Waals surface area contributed by atoms with Crippen molar-refractivity contribution < 1.29 is 36.3 Å². The Kier molecular flexibility index (Phi) is 15.6. The molecule has 0 heterocycles. The van der Waals surface area contributed by atoms with Crippen LogP contribution < -0.4 is 21.1 Å². The van der Waals surface area contributed by atoms with E-state index in [1.807, 2.05) is 45.0 Å². The van der Waals surface area contributed by atoms with Gasteiger partial charge in [-0.3, -0.25) is 4.79 Å². The summed E-state index contributed by atoms with van der Waals surface area (Å²) in [6.45, 7) is 6.27. The monoisotopic (exact) mass is 701 g/mol. The van der Waals surface area contributed by atoms with Crippen LogP contribution >= 0.6 is 0 Å². The Morgan fingerprint density at radius 3 is 2.10 bits per heavy atom. The van der Waals surface area contributed by atoms with E-state index in [1.165, 1.54) is 19.2 Å². The molecular formula is C37H49F2N3O6S. The van der Waals surface area contributed by atoms with Crippen LogP contribution in [0.25, 0.3) is 0 Å². The second kappa shape index (κ2) is 19.4. The summed E-state index contributed by atoms with van der Waals surface area (Å²) in [6, 6.07) is 14.6. The maximum Gasteiger partial charge on any atom is 0.330 e. The van der Waals surface area contributed by atoms with E-state index in [2.05, 4.69) is 10.6 Å². The summed E-state index contributed by atoms with van der Waals surface area (Å²) in [5.74, 6) is -3.37. The molecule has 9 nitrogen and oxygen atoms in total. The molecule has 0 aromatic heterocycles. The van der Waals surface area contributed by atoms with Gasteiger partial charge in [0.25, 0.3) is 5.91 Å². The van der Waals surface area contributed by atoms with Crippen molar-refractivity contribution in [2.75, 3.05) is 19.4 Å². The standard InChI is InChI=1S/C37H49F2N3O6S/c1-5-9-32(10-6-2)49(45,46)24-34(42-36(43)28-13-15-31(47-4)16-14-28)37(44)48-35(23-41-22-26-12-8-11-25(7-3)17-26)33(40)20-27-18-29(38)21-30(39)19-27/h8,11-19,21,32-35,41H,5-7,9-10,20,22-24,40H2,1-4H3,(H,42,43)/t33-,34-,35+/m0/s1. The molecule has 0 bridgehead atoms. The minimum atomic E-state index is -3.87. The lowest BCUT2D eigenvalue weighted by Gasteiger charge is -2.28. The fraction of sp³-hybridized carbons (Fsp3) is 0.459. The normalized spacial score (nSPS) is 13.5. The smallest absolute Gasteiger partial charge is 0.330 e. The number of esters is 1. The van der Waals surface area contributed by atoms with E-state index in [4.69, 9.17) is 15.2 Å². The number of ether oxygens (including phenoxy) is 2. The third kappa shape index (κ3) is 12.5. The molecule has 0 saturated carbocycles. The second-order valence-electron chi connectivity index (χ2n) is 12.2. The Morgan fingerprint density at radius 1 is 0.878 bits per heavy atom. The molecule has 0 unspecified atom stereocenters. The predicted molar refractivity (Wildman–Crippen MR) is 187 cm³/mol. The van der Waals surface area contributed by atoms with Gasteiger partial charge in [0, 0.05) is 30.8 Å². The molecular weight excluding hydrogens is 652 g/mol. The maximum absolute atomic E-state index is 14.0. The first kappa shape index (κ1) is 39.6. The number of rotatable bonds is 20. The van der Waals surface area contributed by atoms with Crippen LogP contribution in [0.15, 0.2) is 66.7 Å². The summed E-state index contributed by atoms with van der Waals surface area (Å²) in [6.07, 6.45) is 1.82. The van der Waals surface area contributed by atoms with Gasteiger partial charge in [-0.25, -0.2) is 22.0 Å². The van der Waals surface area contributed by atoms with Crippen LogP contribution in [-0.4, -0.2) is 63.1 Å². The van der Waals surface area contributed by atoms with Crippen LogP contribution in [0.1, 0.15) is 73.5 Å². The van der Waals surface area contributed by atoms with E-state index in [1.54, 1.807) is 12.1 Å². The molecule has 0 aliphatic rings. The summed E-state index contributed by atoms with van der Waals surface area (Å²) >= 11 is 0. The number of nitrogens with one attached hydrogen (secondary N) is 2. The summed E-state index contributed by atoms with van der Waals surface area (Å²) in [4.78, 5) is 27.2. The number of carbonyl (C=O) groups excluding carboxylic acids is 2. The molecule has 0 spiro atoms. The number of sulfone groups is 1. The molecule has 0 aliphatic carbocycles. The van der Waals surface area contributed by atoms with Gasteiger partial charge < -0.3 is 25.8 Å². The average molecular weight is 702 g/mol. The van der Waals surface area contributed by atoms with E-state index in [9.17, 15) is 26.8 Å². The summed E-state index contributed by atoms with van der Waals surface area (Å²) in [5.41, 5.74) is 9.10. The van der Waals surface area contributed by atoms with Crippen molar-refractivity contribution in [2.45, 2.75) is 89.3 Å². The first-order valence-electron chi connectivity index (χ1n) is 16.7. The number of amides is 1. The highest BCUT2D eigenvalue weighted by Crippen LogP contribution is 2.19. The Balaban J connectivity index is 1.90. The number of hydrogen-bond acceptors (Lipinski definition) is 8. The highest BCUT2D eigenvalue weighted by Gasteiger charge is 2.35. The number of methoxy groups -OCH3 is 1. The Morgan fingerprint density at radius 2 is 1.51 bits per heavy atom. The van der Waals surface area contributed by atoms with Crippen LogP contribution in [0.4, 0.5) is 8.78 Å². The zero-order valence-corrected chi connectivity index (χ0v) is 29.5. The molecule has 1 amide bonds. The fourth-order valence-corrected chi connectivity index (χ4v) is 7.78. The molecule has 12 heteroatoms. The van der Waals surface area contributed by atoms with E-state index in [-0.39, 0.29) is 24.1 Å². The molecule has 268 valence electrons. The quantitative estimate of drug-likeness (QED) is 0.135. The van der Waals surface area contributed by atoms with Gasteiger partial charge in [-0.15, -0.1) is 0 Å². The van der Waals surface area contributed by atoms with Gasteiger partial charge in [-0.2, -0.15) is 0 Å². The highest BCUT2D eigenvalue weighted by molar-refractivity contribution is 7.92. The Bertz CT molecular complexity index is 1590. The molecule has 0 radical (unpaired) electrons. The lowest BCUT2D eigenvalue weighted by molar-refractivity contribution is -0.151.